The van der Waals surface area contributed by atoms with Gasteiger partial charge in [-0.2, -0.15) is 13.2 Å². The Bertz CT molecular complexity index is 1200. The maximum atomic E-state index is 13.3. The summed E-state index contributed by atoms with van der Waals surface area (Å²) in [6, 6.07) is 7.27. The van der Waals surface area contributed by atoms with Crippen molar-refractivity contribution < 1.29 is 35.9 Å². The second-order valence-corrected chi connectivity index (χ2v) is 10.8. The normalized spacial score (nSPS) is 17.4. The number of halogens is 4. The van der Waals surface area contributed by atoms with Gasteiger partial charge in [-0.1, -0.05) is 11.6 Å². The summed E-state index contributed by atoms with van der Waals surface area (Å²) in [6.07, 6.45) is -3.60. The van der Waals surface area contributed by atoms with E-state index in [-0.39, 0.29) is 5.69 Å². The lowest BCUT2D eigenvalue weighted by Gasteiger charge is -2.38. The maximum absolute atomic E-state index is 13.3. The highest BCUT2D eigenvalue weighted by Crippen LogP contribution is 2.41. The molecule has 0 bridgehead atoms. The molecule has 1 aliphatic rings. The van der Waals surface area contributed by atoms with Crippen molar-refractivity contribution >= 4 is 33.2 Å². The van der Waals surface area contributed by atoms with Crippen molar-refractivity contribution in [1.82, 2.24) is 5.32 Å². The summed E-state index contributed by atoms with van der Waals surface area (Å²) in [5, 5.41) is 2.20. The summed E-state index contributed by atoms with van der Waals surface area (Å²) >= 11 is 5.64. The average molecular weight is 521 g/mol. The molecule has 3 rings (SSSR count). The van der Waals surface area contributed by atoms with Crippen LogP contribution in [0.3, 0.4) is 0 Å². The van der Waals surface area contributed by atoms with Crippen molar-refractivity contribution in [1.29, 1.82) is 0 Å². The fraction of sp³-hybridized carbons (Fsp3) is 0.409. The summed E-state index contributed by atoms with van der Waals surface area (Å²) in [5.41, 5.74) is -1.50. The fourth-order valence-corrected chi connectivity index (χ4v) is 4.82. The van der Waals surface area contributed by atoms with Gasteiger partial charge in [0, 0.05) is 18.1 Å². The predicted octanol–water partition coefficient (Wildman–Crippen LogP) is 4.55. The second-order valence-electron chi connectivity index (χ2n) is 8.52. The lowest BCUT2D eigenvalue weighted by atomic mass is 9.89. The minimum Gasteiger partial charge on any atom is -0.497 e. The van der Waals surface area contributed by atoms with Crippen molar-refractivity contribution in [2.24, 2.45) is 0 Å². The molecule has 0 spiro atoms. The molecule has 0 fully saturated rings. The quantitative estimate of drug-likeness (QED) is 0.604. The Morgan fingerprint density at radius 1 is 1.26 bits per heavy atom. The van der Waals surface area contributed by atoms with Crippen molar-refractivity contribution in [2.75, 3.05) is 24.2 Å². The Balaban J connectivity index is 1.89. The zero-order valence-electron chi connectivity index (χ0n) is 18.9. The number of nitrogens with one attached hydrogen (secondary N) is 1. The van der Waals surface area contributed by atoms with E-state index in [1.165, 1.54) is 7.11 Å². The van der Waals surface area contributed by atoms with Crippen LogP contribution in [0, 0.1) is 0 Å². The molecular formula is C22H24ClF3N2O5S. The number of alkyl halides is 3. The van der Waals surface area contributed by atoms with Gasteiger partial charge in [0.1, 0.15) is 23.6 Å². The largest absolute Gasteiger partial charge is 0.497 e. The zero-order chi connectivity index (χ0) is 25.5. The lowest BCUT2D eigenvalue weighted by molar-refractivity contribution is -0.137. The molecule has 12 heteroatoms. The first-order chi connectivity index (χ1) is 15.6. The van der Waals surface area contributed by atoms with Gasteiger partial charge in [-0.3, -0.25) is 9.10 Å². The Kier molecular flexibility index (Phi) is 7.01. The molecule has 1 heterocycles. The Morgan fingerprint density at radius 3 is 2.53 bits per heavy atom. The molecule has 1 N–H and O–H groups in total. The van der Waals surface area contributed by atoms with Gasteiger partial charge in [0.2, 0.25) is 15.9 Å². The van der Waals surface area contributed by atoms with Gasteiger partial charge in [0.05, 0.1) is 35.7 Å². The number of carbonyl (C=O) groups is 1. The molecular weight excluding hydrogens is 497 g/mol. The standard InChI is InChI=1S/C22H24ClF3N2O5S/c1-21(2)11-18(15-7-6-14(32-3)10-19(15)33-21)27-20(29)12-28(34(4,30)31)13-5-8-17(23)16(9-13)22(24,25)26/h5-10,18H,11-12H2,1-4H3,(H,27,29). The average Bonchev–Trinajstić information content (AvgIpc) is 2.69. The van der Waals surface area contributed by atoms with Crippen molar-refractivity contribution in [3.05, 3.63) is 52.5 Å². The number of nitrogens with zero attached hydrogens (tertiary/aromatic N) is 1. The van der Waals surface area contributed by atoms with Crippen LogP contribution in [0.25, 0.3) is 0 Å². The van der Waals surface area contributed by atoms with Crippen LogP contribution in [-0.2, 0) is 21.0 Å². The summed E-state index contributed by atoms with van der Waals surface area (Å²) in [6.45, 7) is 2.95. The monoisotopic (exact) mass is 520 g/mol. The molecule has 0 radical (unpaired) electrons. The first-order valence-electron chi connectivity index (χ1n) is 10.1. The van der Waals surface area contributed by atoms with Crippen LogP contribution in [-0.4, -0.2) is 39.8 Å². The molecule has 0 aromatic heterocycles. The summed E-state index contributed by atoms with van der Waals surface area (Å²) in [7, 11) is -2.59. The van der Waals surface area contributed by atoms with E-state index in [0.29, 0.717) is 33.9 Å². The van der Waals surface area contributed by atoms with Gasteiger partial charge >= 0.3 is 6.18 Å². The number of anilines is 1. The third kappa shape index (κ3) is 5.87. The minimum atomic E-state index is -4.79. The highest BCUT2D eigenvalue weighted by atomic mass is 35.5. The topological polar surface area (TPSA) is 84.9 Å². The number of ether oxygens (including phenoxy) is 2. The second kappa shape index (κ2) is 9.18. The van der Waals surface area contributed by atoms with Gasteiger partial charge < -0.3 is 14.8 Å². The molecule has 2 aromatic carbocycles. The van der Waals surface area contributed by atoms with Crippen LogP contribution in [0.4, 0.5) is 18.9 Å². The zero-order valence-corrected chi connectivity index (χ0v) is 20.4. The first kappa shape index (κ1) is 26.0. The number of rotatable bonds is 6. The third-order valence-electron chi connectivity index (χ3n) is 5.24. The predicted molar refractivity (Wildman–Crippen MR) is 122 cm³/mol. The Hall–Kier alpha value is -2.66. The smallest absolute Gasteiger partial charge is 0.417 e. The van der Waals surface area contributed by atoms with Crippen molar-refractivity contribution in [3.63, 3.8) is 0 Å². The van der Waals surface area contributed by atoms with Gasteiger partial charge in [0.25, 0.3) is 0 Å². The summed E-state index contributed by atoms with van der Waals surface area (Å²) in [4.78, 5) is 12.9. The molecule has 7 nitrogen and oxygen atoms in total. The highest BCUT2D eigenvalue weighted by molar-refractivity contribution is 7.92. The summed E-state index contributed by atoms with van der Waals surface area (Å²) in [5.74, 6) is 0.375. The van der Waals surface area contributed by atoms with Crippen LogP contribution in [0.15, 0.2) is 36.4 Å². The maximum Gasteiger partial charge on any atom is 0.417 e. The fourth-order valence-electron chi connectivity index (χ4n) is 3.74. The van der Waals surface area contributed by atoms with Crippen LogP contribution in [0.1, 0.15) is 37.4 Å². The molecule has 34 heavy (non-hydrogen) atoms. The van der Waals surface area contributed by atoms with E-state index in [2.05, 4.69) is 5.32 Å². The van der Waals surface area contributed by atoms with Gasteiger partial charge in [-0.05, 0) is 44.2 Å². The van der Waals surface area contributed by atoms with E-state index in [4.69, 9.17) is 21.1 Å². The number of hydrogen-bond acceptors (Lipinski definition) is 5. The number of methoxy groups -OCH3 is 1. The molecule has 2 aromatic rings. The molecule has 0 aliphatic carbocycles. The van der Waals surface area contributed by atoms with Gasteiger partial charge in [0.15, 0.2) is 0 Å². The van der Waals surface area contributed by atoms with Crippen LogP contribution >= 0.6 is 11.6 Å². The van der Waals surface area contributed by atoms with Crippen LogP contribution in [0.5, 0.6) is 11.5 Å². The molecule has 0 saturated heterocycles. The lowest BCUT2D eigenvalue weighted by Crippen LogP contribution is -2.45. The van der Waals surface area contributed by atoms with Crippen molar-refractivity contribution in [3.8, 4) is 11.5 Å². The Morgan fingerprint density at radius 2 is 1.94 bits per heavy atom. The minimum absolute atomic E-state index is 0.327. The van der Waals surface area contributed by atoms with Crippen molar-refractivity contribution in [2.45, 2.75) is 38.1 Å². The van der Waals surface area contributed by atoms with E-state index >= 15 is 0 Å². The SMILES string of the molecule is COc1ccc2c(c1)OC(C)(C)CC2NC(=O)CN(c1ccc(Cl)c(C(F)(F)F)c1)S(C)(=O)=O. The number of carbonyl (C=O) groups excluding carboxylic acids is 1. The molecule has 0 saturated carbocycles. The number of fused-ring (bicyclic) bond motifs is 1. The molecule has 1 atom stereocenters. The van der Waals surface area contributed by atoms with Gasteiger partial charge in [-0.25, -0.2) is 8.42 Å². The van der Waals surface area contributed by atoms with E-state index in [1.807, 2.05) is 13.8 Å². The number of sulfonamides is 1. The Labute approximate surface area is 200 Å². The van der Waals surface area contributed by atoms with E-state index in [0.717, 1.165) is 18.4 Å². The molecule has 1 aliphatic heterocycles. The van der Waals surface area contributed by atoms with E-state index < -0.39 is 50.9 Å². The van der Waals surface area contributed by atoms with Crippen LogP contribution in [0.2, 0.25) is 5.02 Å². The third-order valence-corrected chi connectivity index (χ3v) is 6.71. The number of benzene rings is 2. The number of amides is 1. The van der Waals surface area contributed by atoms with Crippen LogP contribution < -0.4 is 19.1 Å². The number of hydrogen-bond donors (Lipinski definition) is 1. The first-order valence-corrected chi connectivity index (χ1v) is 12.3. The molecule has 1 unspecified atom stereocenters. The van der Waals surface area contributed by atoms with E-state index in [9.17, 15) is 26.4 Å². The molecule has 186 valence electrons. The van der Waals surface area contributed by atoms with E-state index in [1.54, 1.807) is 18.2 Å². The van der Waals surface area contributed by atoms with Gasteiger partial charge in [-0.15, -0.1) is 0 Å². The summed E-state index contributed by atoms with van der Waals surface area (Å²) < 4.78 is 76.4. The highest BCUT2D eigenvalue weighted by Gasteiger charge is 2.37. The molecule has 1 amide bonds.